The van der Waals surface area contributed by atoms with E-state index in [9.17, 15) is 34.5 Å². The third-order valence-electron chi connectivity index (χ3n) is 5.28. The molecule has 11 heteroatoms. The monoisotopic (exact) mass is 444 g/mol. The van der Waals surface area contributed by atoms with Crippen molar-refractivity contribution in [3.8, 4) is 0 Å². The average Bonchev–Trinajstić information content (AvgIpc) is 2.68. The lowest BCUT2D eigenvalue weighted by Gasteiger charge is -2.32. The molecule has 0 aromatic carbocycles. The van der Waals surface area contributed by atoms with E-state index in [1.54, 1.807) is 9.80 Å². The molecule has 1 aliphatic rings. The molecule has 0 saturated carbocycles. The van der Waals surface area contributed by atoms with E-state index in [2.05, 4.69) is 0 Å². The molecule has 11 nitrogen and oxygen atoms in total. The van der Waals surface area contributed by atoms with Gasteiger partial charge in [-0.05, 0) is 26.3 Å². The minimum atomic E-state index is -0.955. The molecule has 1 heterocycles. The SMILES string of the molecule is CC(=O)CN1CCCN(CC(=O)O)CCN(CC(=O)O)CCCN(C(C=O)CO)CC1. The van der Waals surface area contributed by atoms with Gasteiger partial charge in [0.2, 0.25) is 0 Å². The standard InChI is InChI=1S/C20H36N4O7/c1-17(27)12-21-4-2-5-22(13-19(28)29)8-9-23(14-20(30)31)6-3-7-24(11-10-21)18(15-25)16-26/h15,18,26H,2-14,16H2,1H3,(H,28,29)(H,30,31). The lowest BCUT2D eigenvalue weighted by Crippen LogP contribution is -2.47. The van der Waals surface area contributed by atoms with E-state index in [4.69, 9.17) is 0 Å². The highest BCUT2D eigenvalue weighted by Gasteiger charge is 2.21. The van der Waals surface area contributed by atoms with Crippen LogP contribution in [-0.4, -0.2) is 144 Å². The molecule has 0 aromatic heterocycles. The van der Waals surface area contributed by atoms with Crippen LogP contribution in [0.2, 0.25) is 0 Å². The number of aliphatic hydroxyl groups excluding tert-OH is 1. The van der Waals surface area contributed by atoms with Crippen molar-refractivity contribution in [3.63, 3.8) is 0 Å². The van der Waals surface area contributed by atoms with Crippen molar-refractivity contribution in [1.29, 1.82) is 0 Å². The highest BCUT2D eigenvalue weighted by Crippen LogP contribution is 2.05. The number of carboxylic acid groups (broad SMARTS) is 2. The quantitative estimate of drug-likeness (QED) is 0.351. The zero-order chi connectivity index (χ0) is 23.2. The Balaban J connectivity index is 2.95. The van der Waals surface area contributed by atoms with Gasteiger partial charge in [-0.2, -0.15) is 0 Å². The fraction of sp³-hybridized carbons (Fsp3) is 0.800. The van der Waals surface area contributed by atoms with Gasteiger partial charge in [-0.15, -0.1) is 0 Å². The first-order chi connectivity index (χ1) is 14.7. The van der Waals surface area contributed by atoms with Gasteiger partial charge in [0.25, 0.3) is 0 Å². The Morgan fingerprint density at radius 1 is 0.774 bits per heavy atom. The molecule has 1 rings (SSSR count). The summed E-state index contributed by atoms with van der Waals surface area (Å²) in [7, 11) is 0. The summed E-state index contributed by atoms with van der Waals surface area (Å²) in [6.45, 7) is 5.11. The summed E-state index contributed by atoms with van der Waals surface area (Å²) in [5.74, 6) is -1.87. The van der Waals surface area contributed by atoms with E-state index in [0.29, 0.717) is 71.5 Å². The van der Waals surface area contributed by atoms with Gasteiger partial charge in [-0.1, -0.05) is 0 Å². The summed E-state index contributed by atoms with van der Waals surface area (Å²) >= 11 is 0. The number of aliphatic hydroxyl groups is 1. The first-order valence-electron chi connectivity index (χ1n) is 10.7. The fourth-order valence-electron chi connectivity index (χ4n) is 3.76. The first-order valence-corrected chi connectivity index (χ1v) is 10.7. The minimum Gasteiger partial charge on any atom is -0.480 e. The number of carbonyl (C=O) groups is 4. The molecule has 0 aliphatic carbocycles. The fourth-order valence-corrected chi connectivity index (χ4v) is 3.76. The number of nitrogens with zero attached hydrogens (tertiary/aromatic N) is 4. The predicted octanol–water partition coefficient (Wildman–Crippen LogP) is -1.69. The van der Waals surface area contributed by atoms with Crippen LogP contribution in [0.3, 0.4) is 0 Å². The van der Waals surface area contributed by atoms with Gasteiger partial charge >= 0.3 is 11.9 Å². The molecule has 0 amide bonds. The van der Waals surface area contributed by atoms with Crippen molar-refractivity contribution in [2.45, 2.75) is 25.8 Å². The normalized spacial score (nSPS) is 20.6. The van der Waals surface area contributed by atoms with E-state index in [0.717, 1.165) is 0 Å². The second-order valence-corrected chi connectivity index (χ2v) is 7.95. The second-order valence-electron chi connectivity index (χ2n) is 7.95. The molecule has 1 saturated heterocycles. The Hall–Kier alpha value is -1.92. The molecule has 0 aromatic rings. The van der Waals surface area contributed by atoms with Gasteiger partial charge in [-0.3, -0.25) is 34.0 Å². The van der Waals surface area contributed by atoms with Crippen LogP contribution in [0.1, 0.15) is 19.8 Å². The molecule has 0 bridgehead atoms. The lowest BCUT2D eigenvalue weighted by atomic mass is 10.2. The number of aliphatic carboxylic acids is 2. The van der Waals surface area contributed by atoms with Gasteiger partial charge in [-0.25, -0.2) is 0 Å². The smallest absolute Gasteiger partial charge is 0.317 e. The Kier molecular flexibility index (Phi) is 13.1. The lowest BCUT2D eigenvalue weighted by molar-refractivity contribution is -0.140. The predicted molar refractivity (Wildman–Crippen MR) is 113 cm³/mol. The second kappa shape index (κ2) is 15.0. The van der Waals surface area contributed by atoms with Crippen molar-refractivity contribution < 1.29 is 34.5 Å². The number of hydrogen-bond acceptors (Lipinski definition) is 9. The van der Waals surface area contributed by atoms with Crippen LogP contribution in [0.4, 0.5) is 0 Å². The first kappa shape index (κ1) is 27.1. The molecule has 1 atom stereocenters. The van der Waals surface area contributed by atoms with Gasteiger partial charge < -0.3 is 20.1 Å². The zero-order valence-electron chi connectivity index (χ0n) is 18.3. The largest absolute Gasteiger partial charge is 0.480 e. The van der Waals surface area contributed by atoms with Crippen LogP contribution >= 0.6 is 0 Å². The van der Waals surface area contributed by atoms with Crippen LogP contribution in [0.5, 0.6) is 0 Å². The summed E-state index contributed by atoms with van der Waals surface area (Å²) in [6, 6.07) is -0.647. The maximum absolute atomic E-state index is 11.7. The number of ketones is 1. The van der Waals surface area contributed by atoms with Crippen LogP contribution in [0.15, 0.2) is 0 Å². The van der Waals surface area contributed by atoms with Gasteiger partial charge in [0.05, 0.1) is 32.3 Å². The Labute approximate surface area is 183 Å². The van der Waals surface area contributed by atoms with Crippen molar-refractivity contribution in [1.82, 2.24) is 19.6 Å². The van der Waals surface area contributed by atoms with E-state index in [1.807, 2.05) is 9.80 Å². The molecule has 1 aliphatic heterocycles. The summed E-state index contributed by atoms with van der Waals surface area (Å²) in [5, 5.41) is 27.9. The maximum atomic E-state index is 11.7. The third-order valence-corrected chi connectivity index (χ3v) is 5.28. The molecular weight excluding hydrogens is 408 g/mol. The molecule has 31 heavy (non-hydrogen) atoms. The number of rotatable bonds is 9. The summed E-state index contributed by atoms with van der Waals surface area (Å²) in [5.41, 5.74) is 0. The maximum Gasteiger partial charge on any atom is 0.317 e. The van der Waals surface area contributed by atoms with Gasteiger partial charge in [0.15, 0.2) is 0 Å². The van der Waals surface area contributed by atoms with Crippen molar-refractivity contribution in [3.05, 3.63) is 0 Å². The van der Waals surface area contributed by atoms with Crippen molar-refractivity contribution in [2.24, 2.45) is 0 Å². The third kappa shape index (κ3) is 11.9. The number of carbonyl (C=O) groups excluding carboxylic acids is 2. The molecular formula is C20H36N4O7. The van der Waals surface area contributed by atoms with Crippen LogP contribution in [0, 0.1) is 0 Å². The van der Waals surface area contributed by atoms with Crippen molar-refractivity contribution in [2.75, 3.05) is 78.6 Å². The van der Waals surface area contributed by atoms with E-state index in [-0.39, 0.29) is 32.0 Å². The molecule has 178 valence electrons. The molecule has 0 spiro atoms. The number of carboxylic acids is 2. The van der Waals surface area contributed by atoms with Gasteiger partial charge in [0.1, 0.15) is 12.1 Å². The highest BCUT2D eigenvalue weighted by molar-refractivity contribution is 5.77. The van der Waals surface area contributed by atoms with E-state index in [1.165, 1.54) is 6.92 Å². The molecule has 3 N–H and O–H groups in total. The van der Waals surface area contributed by atoms with E-state index < -0.39 is 18.0 Å². The molecule has 1 fully saturated rings. The zero-order valence-corrected chi connectivity index (χ0v) is 18.3. The topological polar surface area (TPSA) is 142 Å². The Morgan fingerprint density at radius 2 is 1.23 bits per heavy atom. The average molecular weight is 445 g/mol. The van der Waals surface area contributed by atoms with E-state index >= 15 is 0 Å². The van der Waals surface area contributed by atoms with Crippen LogP contribution in [0.25, 0.3) is 0 Å². The highest BCUT2D eigenvalue weighted by atomic mass is 16.4. The number of hydrogen-bond donors (Lipinski definition) is 3. The molecule has 1 unspecified atom stereocenters. The van der Waals surface area contributed by atoms with Crippen LogP contribution < -0.4 is 0 Å². The number of Topliss-reactive ketones (excluding diaryl/α,β-unsaturated/α-hetero) is 1. The van der Waals surface area contributed by atoms with Gasteiger partial charge in [0, 0.05) is 45.8 Å². The Bertz CT molecular complexity index is 590. The summed E-state index contributed by atoms with van der Waals surface area (Å²) in [4.78, 5) is 52.9. The van der Waals surface area contributed by atoms with Crippen LogP contribution in [-0.2, 0) is 19.2 Å². The minimum absolute atomic E-state index is 0.0217. The Morgan fingerprint density at radius 3 is 1.65 bits per heavy atom. The number of aldehydes is 1. The van der Waals surface area contributed by atoms with Crippen molar-refractivity contribution >= 4 is 24.0 Å². The molecule has 0 radical (unpaired) electrons. The summed E-state index contributed by atoms with van der Waals surface area (Å²) < 4.78 is 0. The summed E-state index contributed by atoms with van der Waals surface area (Å²) in [6.07, 6.45) is 1.94.